The van der Waals surface area contributed by atoms with E-state index in [0.717, 1.165) is 0 Å². The van der Waals surface area contributed by atoms with Gasteiger partial charge >= 0.3 is 0 Å². The summed E-state index contributed by atoms with van der Waals surface area (Å²) in [6, 6.07) is 3.03. The van der Waals surface area contributed by atoms with Gasteiger partial charge in [0.2, 0.25) is 0 Å². The molecule has 0 aliphatic heterocycles. The van der Waals surface area contributed by atoms with E-state index in [1.165, 1.54) is 12.3 Å². The lowest BCUT2D eigenvalue weighted by atomic mass is 10.2. The van der Waals surface area contributed by atoms with Crippen LogP contribution >= 0.6 is 0 Å². The molecular formula is C8H6N2O2. The third kappa shape index (κ3) is 0.934. The second-order valence-electron chi connectivity index (χ2n) is 2.45. The maximum atomic E-state index is 10.9. The summed E-state index contributed by atoms with van der Waals surface area (Å²) in [5, 5.41) is 10.5. The normalized spacial score (nSPS) is 10.3. The van der Waals surface area contributed by atoms with Gasteiger partial charge < -0.3 is 5.11 Å². The van der Waals surface area contributed by atoms with E-state index in [4.69, 9.17) is 0 Å². The molecule has 0 saturated carbocycles. The first-order valence-electron chi connectivity index (χ1n) is 3.43. The summed E-state index contributed by atoms with van der Waals surface area (Å²) in [4.78, 5) is 17.0. The summed E-state index contributed by atoms with van der Waals surface area (Å²) in [6.07, 6.45) is 3.09. The number of aromatic nitrogens is 2. The van der Waals surface area contributed by atoms with Crippen LogP contribution in [0.4, 0.5) is 0 Å². The van der Waals surface area contributed by atoms with Gasteiger partial charge in [0.15, 0.2) is 5.88 Å². The summed E-state index contributed by atoms with van der Waals surface area (Å²) in [5.41, 5.74) is -0.326. The largest absolute Gasteiger partial charge is 0.494 e. The molecule has 60 valence electrons. The van der Waals surface area contributed by atoms with Crippen molar-refractivity contribution in [3.63, 3.8) is 0 Å². The average Bonchev–Trinajstić information content (AvgIpc) is 2.04. The maximum absolute atomic E-state index is 10.9. The fraction of sp³-hybridized carbons (Fsp3) is 0. The van der Waals surface area contributed by atoms with Crippen molar-refractivity contribution in [1.82, 2.24) is 9.97 Å². The van der Waals surface area contributed by atoms with Crippen molar-refractivity contribution < 1.29 is 5.11 Å². The Kier molecular flexibility index (Phi) is 1.33. The van der Waals surface area contributed by atoms with Crippen molar-refractivity contribution in [2.45, 2.75) is 0 Å². The molecule has 2 heterocycles. The van der Waals surface area contributed by atoms with Crippen molar-refractivity contribution in [1.29, 1.82) is 0 Å². The summed E-state index contributed by atoms with van der Waals surface area (Å²) in [7, 11) is 0. The van der Waals surface area contributed by atoms with Gasteiger partial charge in [-0.3, -0.25) is 14.8 Å². The molecular weight excluding hydrogens is 156 g/mol. The number of rotatable bonds is 0. The zero-order valence-electron chi connectivity index (χ0n) is 6.11. The van der Waals surface area contributed by atoms with Crippen LogP contribution in [0.2, 0.25) is 0 Å². The summed E-state index contributed by atoms with van der Waals surface area (Å²) in [5.74, 6) is -0.111. The quantitative estimate of drug-likeness (QED) is 0.597. The van der Waals surface area contributed by atoms with E-state index >= 15 is 0 Å². The van der Waals surface area contributed by atoms with Crippen LogP contribution in [0.25, 0.3) is 10.8 Å². The molecule has 2 rings (SSSR count). The molecule has 0 amide bonds. The fourth-order valence-electron chi connectivity index (χ4n) is 1.10. The molecule has 2 N–H and O–H groups in total. The lowest BCUT2D eigenvalue weighted by Gasteiger charge is -1.97. The number of hydrogen-bond acceptors (Lipinski definition) is 3. The van der Waals surface area contributed by atoms with Crippen molar-refractivity contribution in [3.8, 4) is 5.88 Å². The smallest absolute Gasteiger partial charge is 0.251 e. The first-order valence-corrected chi connectivity index (χ1v) is 3.43. The Labute approximate surface area is 67.5 Å². The summed E-state index contributed by atoms with van der Waals surface area (Å²) < 4.78 is 0. The van der Waals surface area contributed by atoms with Crippen LogP contribution < -0.4 is 5.56 Å². The Hall–Kier alpha value is -1.84. The van der Waals surface area contributed by atoms with E-state index in [1.54, 1.807) is 12.3 Å². The second kappa shape index (κ2) is 2.34. The highest BCUT2D eigenvalue weighted by atomic mass is 16.3. The van der Waals surface area contributed by atoms with E-state index in [-0.39, 0.29) is 11.4 Å². The van der Waals surface area contributed by atoms with Gasteiger partial charge in [-0.05, 0) is 6.07 Å². The Bertz CT molecular complexity index is 476. The Balaban J connectivity index is 2.99. The minimum atomic E-state index is -0.326. The van der Waals surface area contributed by atoms with Crippen molar-refractivity contribution in [3.05, 3.63) is 34.9 Å². The number of pyridine rings is 2. The second-order valence-corrected chi connectivity index (χ2v) is 2.45. The molecule has 0 saturated heterocycles. The van der Waals surface area contributed by atoms with Gasteiger partial charge in [-0.15, -0.1) is 0 Å². The molecule has 12 heavy (non-hydrogen) atoms. The molecule has 2 aromatic rings. The molecule has 4 heteroatoms. The molecule has 0 aromatic carbocycles. The van der Waals surface area contributed by atoms with Gasteiger partial charge in [0.25, 0.3) is 5.56 Å². The van der Waals surface area contributed by atoms with Crippen LogP contribution in [0.15, 0.2) is 29.3 Å². The Morgan fingerprint density at radius 2 is 2.33 bits per heavy atom. The SMILES string of the molecule is O=c1cc2cnccc2c(O)[nH]1. The lowest BCUT2D eigenvalue weighted by Crippen LogP contribution is -2.02. The molecule has 0 unspecified atom stereocenters. The Morgan fingerprint density at radius 1 is 1.50 bits per heavy atom. The number of hydrogen-bond donors (Lipinski definition) is 2. The third-order valence-electron chi connectivity index (χ3n) is 1.64. The van der Waals surface area contributed by atoms with Gasteiger partial charge in [-0.1, -0.05) is 0 Å². The van der Waals surface area contributed by atoms with Crippen LogP contribution in [0.5, 0.6) is 5.88 Å². The van der Waals surface area contributed by atoms with Crippen molar-refractivity contribution >= 4 is 10.8 Å². The number of fused-ring (bicyclic) bond motifs is 1. The Morgan fingerprint density at radius 3 is 3.17 bits per heavy atom. The highest BCUT2D eigenvalue weighted by molar-refractivity contribution is 5.85. The topological polar surface area (TPSA) is 66.0 Å². The molecule has 0 bridgehead atoms. The van der Waals surface area contributed by atoms with Gasteiger partial charge in [0.05, 0.1) is 0 Å². The maximum Gasteiger partial charge on any atom is 0.251 e. The van der Waals surface area contributed by atoms with E-state index in [1.807, 2.05) is 0 Å². The van der Waals surface area contributed by atoms with Gasteiger partial charge in [-0.25, -0.2) is 0 Å². The fourth-order valence-corrected chi connectivity index (χ4v) is 1.10. The first-order chi connectivity index (χ1) is 5.77. The first kappa shape index (κ1) is 6.84. The summed E-state index contributed by atoms with van der Waals surface area (Å²) in [6.45, 7) is 0. The predicted molar refractivity (Wildman–Crippen MR) is 44.0 cm³/mol. The summed E-state index contributed by atoms with van der Waals surface area (Å²) >= 11 is 0. The van der Waals surface area contributed by atoms with Gasteiger partial charge in [-0.2, -0.15) is 0 Å². The highest BCUT2D eigenvalue weighted by Gasteiger charge is 1.99. The zero-order chi connectivity index (χ0) is 8.55. The standard InChI is InChI=1S/C8H6N2O2/c11-7-3-5-4-9-2-1-6(5)8(12)10-7/h1-4H,(H2,10,11,12). The van der Waals surface area contributed by atoms with Crippen molar-refractivity contribution in [2.75, 3.05) is 0 Å². The molecule has 2 aromatic heterocycles. The molecule has 0 atom stereocenters. The van der Waals surface area contributed by atoms with E-state index in [2.05, 4.69) is 9.97 Å². The number of H-pyrrole nitrogens is 1. The molecule has 0 fully saturated rings. The number of nitrogens with one attached hydrogen (secondary N) is 1. The van der Waals surface area contributed by atoms with Crippen LogP contribution in [-0.2, 0) is 0 Å². The van der Waals surface area contributed by atoms with Gasteiger partial charge in [0, 0.05) is 29.2 Å². The monoisotopic (exact) mass is 162 g/mol. The number of aromatic amines is 1. The van der Waals surface area contributed by atoms with Crippen LogP contribution in [0.3, 0.4) is 0 Å². The predicted octanol–water partition coefficient (Wildman–Crippen LogP) is 0.629. The van der Waals surface area contributed by atoms with Gasteiger partial charge in [0.1, 0.15) is 0 Å². The molecule has 0 aliphatic rings. The van der Waals surface area contributed by atoms with Crippen LogP contribution in [-0.4, -0.2) is 15.1 Å². The zero-order valence-corrected chi connectivity index (χ0v) is 6.11. The van der Waals surface area contributed by atoms with Crippen LogP contribution in [0, 0.1) is 0 Å². The molecule has 0 spiro atoms. The highest BCUT2D eigenvalue weighted by Crippen LogP contribution is 2.17. The van der Waals surface area contributed by atoms with E-state index in [0.29, 0.717) is 10.8 Å². The number of nitrogens with zero attached hydrogens (tertiary/aromatic N) is 1. The van der Waals surface area contributed by atoms with Crippen molar-refractivity contribution in [2.24, 2.45) is 0 Å². The third-order valence-corrected chi connectivity index (χ3v) is 1.64. The number of aromatic hydroxyl groups is 1. The van der Waals surface area contributed by atoms with Crippen LogP contribution in [0.1, 0.15) is 0 Å². The average molecular weight is 162 g/mol. The molecule has 0 aliphatic carbocycles. The molecule has 4 nitrogen and oxygen atoms in total. The van der Waals surface area contributed by atoms with E-state index in [9.17, 15) is 9.90 Å². The minimum absolute atomic E-state index is 0.111. The lowest BCUT2D eigenvalue weighted by molar-refractivity contribution is 0.459. The minimum Gasteiger partial charge on any atom is -0.494 e. The van der Waals surface area contributed by atoms with E-state index < -0.39 is 0 Å². The molecule has 0 radical (unpaired) electrons.